The van der Waals surface area contributed by atoms with E-state index in [2.05, 4.69) is 25.1 Å². The molecule has 0 bridgehead atoms. The van der Waals surface area contributed by atoms with Gasteiger partial charge in [0.05, 0.1) is 0 Å². The van der Waals surface area contributed by atoms with E-state index in [4.69, 9.17) is 5.73 Å². The molecule has 1 atom stereocenters. The lowest BCUT2D eigenvalue weighted by Gasteiger charge is -2.30. The summed E-state index contributed by atoms with van der Waals surface area (Å²) < 4.78 is 0. The largest absolute Gasteiger partial charge is 0.324 e. The molecular weight excluding hydrogens is 308 g/mol. The number of nitrogens with two attached hydrogens (primary N) is 1. The Bertz CT molecular complexity index is 672. The van der Waals surface area contributed by atoms with Crippen LogP contribution in [0.15, 0.2) is 48.5 Å². The lowest BCUT2D eigenvalue weighted by Crippen LogP contribution is -2.37. The summed E-state index contributed by atoms with van der Waals surface area (Å²) in [5.41, 5.74) is 10.7. The second-order valence-corrected chi connectivity index (χ2v) is 6.00. The van der Waals surface area contributed by atoms with Crippen LogP contribution in [0, 0.1) is 6.92 Å². The van der Waals surface area contributed by atoms with E-state index in [1.807, 2.05) is 35.2 Å². The van der Waals surface area contributed by atoms with Crippen molar-refractivity contribution in [3.05, 3.63) is 65.2 Å². The highest BCUT2D eigenvalue weighted by Crippen LogP contribution is 2.29. The van der Waals surface area contributed by atoms with E-state index in [1.165, 1.54) is 11.1 Å². The van der Waals surface area contributed by atoms with Crippen molar-refractivity contribution in [2.24, 2.45) is 5.73 Å². The molecular formula is C19H23ClN2O. The second-order valence-electron chi connectivity index (χ2n) is 6.00. The van der Waals surface area contributed by atoms with Gasteiger partial charge in [-0.05, 0) is 42.5 Å². The van der Waals surface area contributed by atoms with Crippen LogP contribution in [-0.2, 0) is 11.2 Å². The van der Waals surface area contributed by atoms with E-state index in [1.54, 1.807) is 0 Å². The summed E-state index contributed by atoms with van der Waals surface area (Å²) in [5.74, 6) is 0.114. The molecule has 122 valence electrons. The number of amides is 1. The highest BCUT2D eigenvalue weighted by molar-refractivity contribution is 5.95. The average Bonchev–Trinajstić information content (AvgIpc) is 2.55. The van der Waals surface area contributed by atoms with Crippen molar-refractivity contribution in [3.63, 3.8) is 0 Å². The molecule has 23 heavy (non-hydrogen) atoms. The fourth-order valence-corrected chi connectivity index (χ4v) is 3.06. The third-order valence-electron chi connectivity index (χ3n) is 4.28. The van der Waals surface area contributed by atoms with Gasteiger partial charge in [-0.25, -0.2) is 0 Å². The fourth-order valence-electron chi connectivity index (χ4n) is 3.06. The van der Waals surface area contributed by atoms with Gasteiger partial charge in [0.2, 0.25) is 5.91 Å². The van der Waals surface area contributed by atoms with Crippen LogP contribution < -0.4 is 10.6 Å². The first-order valence-electron chi connectivity index (χ1n) is 7.85. The van der Waals surface area contributed by atoms with Gasteiger partial charge in [-0.2, -0.15) is 0 Å². The number of aryl methyl sites for hydroxylation is 2. The van der Waals surface area contributed by atoms with Crippen molar-refractivity contribution in [1.29, 1.82) is 0 Å². The molecule has 2 aromatic carbocycles. The molecule has 3 rings (SSSR count). The molecule has 2 aromatic rings. The molecule has 0 radical (unpaired) electrons. The molecule has 1 aliphatic rings. The molecule has 0 aliphatic carbocycles. The lowest BCUT2D eigenvalue weighted by molar-refractivity contribution is -0.119. The molecule has 1 heterocycles. The Morgan fingerprint density at radius 1 is 1.22 bits per heavy atom. The summed E-state index contributed by atoms with van der Waals surface area (Å²) in [6.45, 7) is 2.85. The van der Waals surface area contributed by atoms with Gasteiger partial charge in [0.25, 0.3) is 0 Å². The first kappa shape index (κ1) is 17.5. The van der Waals surface area contributed by atoms with Crippen molar-refractivity contribution < 1.29 is 4.79 Å². The predicted octanol–water partition coefficient (Wildman–Crippen LogP) is 3.79. The molecule has 3 nitrogen and oxygen atoms in total. The standard InChI is InChI=1S/C19H22N2O.ClH/c1-14-9-10-16-8-5-11-21(18(16)12-14)19(22)13-17(20)15-6-3-2-4-7-15;/h2-4,6-7,9-10,12,17H,5,8,11,13,20H2,1H3;1H. The third kappa shape index (κ3) is 3.92. The zero-order chi connectivity index (χ0) is 15.5. The number of benzene rings is 2. The highest BCUT2D eigenvalue weighted by atomic mass is 35.5. The molecule has 0 aromatic heterocycles. The maximum atomic E-state index is 12.7. The van der Waals surface area contributed by atoms with E-state index in [0.717, 1.165) is 30.6 Å². The van der Waals surface area contributed by atoms with Gasteiger partial charge in [-0.1, -0.05) is 42.5 Å². The lowest BCUT2D eigenvalue weighted by atomic mass is 9.98. The highest BCUT2D eigenvalue weighted by Gasteiger charge is 2.24. The molecule has 2 N–H and O–H groups in total. The van der Waals surface area contributed by atoms with Crippen LogP contribution in [0.5, 0.6) is 0 Å². The number of anilines is 1. The van der Waals surface area contributed by atoms with Crippen molar-refractivity contribution in [3.8, 4) is 0 Å². The summed E-state index contributed by atoms with van der Waals surface area (Å²) in [6.07, 6.45) is 2.41. The third-order valence-corrected chi connectivity index (χ3v) is 4.28. The minimum absolute atomic E-state index is 0. The number of carbonyl (C=O) groups excluding carboxylic acids is 1. The van der Waals surface area contributed by atoms with Crippen LogP contribution in [0.2, 0.25) is 0 Å². The summed E-state index contributed by atoms with van der Waals surface area (Å²) in [7, 11) is 0. The van der Waals surface area contributed by atoms with Gasteiger partial charge >= 0.3 is 0 Å². The molecule has 1 amide bonds. The Balaban J connectivity index is 0.00000192. The minimum atomic E-state index is -0.246. The maximum absolute atomic E-state index is 12.7. The van der Waals surface area contributed by atoms with Crippen LogP contribution in [-0.4, -0.2) is 12.5 Å². The summed E-state index contributed by atoms with van der Waals surface area (Å²) in [6, 6.07) is 16.0. The number of nitrogens with zero attached hydrogens (tertiary/aromatic N) is 1. The Labute approximate surface area is 143 Å². The monoisotopic (exact) mass is 330 g/mol. The van der Waals surface area contributed by atoms with Crippen LogP contribution in [0.1, 0.15) is 35.6 Å². The van der Waals surface area contributed by atoms with Crippen molar-refractivity contribution in [2.75, 3.05) is 11.4 Å². The van der Waals surface area contributed by atoms with E-state index in [-0.39, 0.29) is 24.4 Å². The van der Waals surface area contributed by atoms with Gasteiger partial charge in [0, 0.05) is 24.7 Å². The smallest absolute Gasteiger partial charge is 0.228 e. The molecule has 0 saturated carbocycles. The van der Waals surface area contributed by atoms with Gasteiger partial charge < -0.3 is 10.6 Å². The molecule has 0 spiro atoms. The van der Waals surface area contributed by atoms with Crippen LogP contribution >= 0.6 is 12.4 Å². The topological polar surface area (TPSA) is 46.3 Å². The summed E-state index contributed by atoms with van der Waals surface area (Å²) >= 11 is 0. The second kappa shape index (κ2) is 7.62. The van der Waals surface area contributed by atoms with E-state index < -0.39 is 0 Å². The van der Waals surface area contributed by atoms with Gasteiger partial charge in [0.15, 0.2) is 0 Å². The zero-order valence-electron chi connectivity index (χ0n) is 13.4. The van der Waals surface area contributed by atoms with Crippen LogP contribution in [0.25, 0.3) is 0 Å². The molecule has 1 unspecified atom stereocenters. The predicted molar refractivity (Wildman–Crippen MR) is 97.1 cm³/mol. The zero-order valence-corrected chi connectivity index (χ0v) is 14.2. The first-order valence-corrected chi connectivity index (χ1v) is 7.85. The normalized spacial score (nSPS) is 14.6. The number of halogens is 1. The van der Waals surface area contributed by atoms with Crippen LogP contribution in [0.4, 0.5) is 5.69 Å². The summed E-state index contributed by atoms with van der Waals surface area (Å²) in [5, 5.41) is 0. The van der Waals surface area contributed by atoms with Crippen molar-refractivity contribution in [2.45, 2.75) is 32.2 Å². The minimum Gasteiger partial charge on any atom is -0.324 e. The maximum Gasteiger partial charge on any atom is 0.228 e. The van der Waals surface area contributed by atoms with E-state index >= 15 is 0 Å². The summed E-state index contributed by atoms with van der Waals surface area (Å²) in [4.78, 5) is 14.6. The fraction of sp³-hybridized carbons (Fsp3) is 0.316. The number of carbonyl (C=O) groups is 1. The Morgan fingerprint density at radius 3 is 2.70 bits per heavy atom. The Hall–Kier alpha value is -1.84. The Morgan fingerprint density at radius 2 is 1.96 bits per heavy atom. The SMILES string of the molecule is Cc1ccc2c(c1)N(C(=O)CC(N)c1ccccc1)CCC2.Cl. The van der Waals surface area contributed by atoms with Gasteiger partial charge in [-0.15, -0.1) is 12.4 Å². The molecule has 0 saturated heterocycles. The van der Waals surface area contributed by atoms with E-state index in [0.29, 0.717) is 6.42 Å². The van der Waals surface area contributed by atoms with E-state index in [9.17, 15) is 4.79 Å². The number of hydrogen-bond donors (Lipinski definition) is 1. The van der Waals surface area contributed by atoms with Crippen molar-refractivity contribution >= 4 is 24.0 Å². The quantitative estimate of drug-likeness (QED) is 0.930. The van der Waals surface area contributed by atoms with Gasteiger partial charge in [-0.3, -0.25) is 4.79 Å². The Kier molecular flexibility index (Phi) is 5.80. The first-order chi connectivity index (χ1) is 10.6. The molecule has 4 heteroatoms. The van der Waals surface area contributed by atoms with Crippen molar-refractivity contribution in [1.82, 2.24) is 0 Å². The molecule has 0 fully saturated rings. The van der Waals surface area contributed by atoms with Crippen LogP contribution in [0.3, 0.4) is 0 Å². The number of rotatable bonds is 3. The average molecular weight is 331 g/mol. The number of hydrogen-bond acceptors (Lipinski definition) is 2. The number of fused-ring (bicyclic) bond motifs is 1. The molecule has 1 aliphatic heterocycles. The van der Waals surface area contributed by atoms with Gasteiger partial charge in [0.1, 0.15) is 0 Å².